The Balaban J connectivity index is 2.19. The van der Waals surface area contributed by atoms with Gasteiger partial charge in [0.25, 0.3) is 5.69 Å². The van der Waals surface area contributed by atoms with E-state index in [9.17, 15) is 19.7 Å². The molecule has 9 nitrogen and oxygen atoms in total. The van der Waals surface area contributed by atoms with Crippen molar-refractivity contribution < 1.29 is 34.2 Å². The predicted octanol–water partition coefficient (Wildman–Crippen LogP) is 2.34. The molecule has 1 aromatic rings. The number of carboxylic acid groups (broad SMARTS) is 2. The third-order valence-corrected chi connectivity index (χ3v) is 3.27. The van der Waals surface area contributed by atoms with Crippen molar-refractivity contribution in [2.24, 2.45) is 0 Å². The third-order valence-electron chi connectivity index (χ3n) is 3.27. The largest absolute Gasteiger partial charge is 0.506 e. The minimum absolute atomic E-state index is 0.0312. The summed E-state index contributed by atoms with van der Waals surface area (Å²) in [4.78, 5) is 31.2. The highest BCUT2D eigenvalue weighted by molar-refractivity contribution is 5.59. The third kappa shape index (κ3) is 3.02. The summed E-state index contributed by atoms with van der Waals surface area (Å²) in [6.07, 6.45) is -3.57. The summed E-state index contributed by atoms with van der Waals surface area (Å²) >= 11 is 0. The first-order valence-electron chi connectivity index (χ1n) is 5.89. The van der Waals surface area contributed by atoms with Gasteiger partial charge in [-0.15, -0.1) is 0 Å². The van der Waals surface area contributed by atoms with Crippen molar-refractivity contribution in [1.82, 2.24) is 0 Å². The van der Waals surface area contributed by atoms with Crippen LogP contribution in [0, 0.1) is 10.1 Å². The molecule has 1 fully saturated rings. The molecule has 0 atom stereocenters. The van der Waals surface area contributed by atoms with Crippen LogP contribution in [0.1, 0.15) is 18.4 Å². The van der Waals surface area contributed by atoms with Gasteiger partial charge < -0.3 is 19.7 Å². The minimum atomic E-state index is -1.51. The Bertz CT molecular complexity index is 575. The van der Waals surface area contributed by atoms with Crippen molar-refractivity contribution in [1.29, 1.82) is 0 Å². The first-order chi connectivity index (χ1) is 9.82. The Morgan fingerprint density at radius 3 is 2.19 bits per heavy atom. The summed E-state index contributed by atoms with van der Waals surface area (Å²) in [5, 5.41) is 27.9. The number of benzene rings is 1. The lowest BCUT2D eigenvalue weighted by atomic mass is 9.72. The normalized spacial score (nSPS) is 23.7. The second kappa shape index (κ2) is 5.27. The molecule has 2 N–H and O–H groups in total. The lowest BCUT2D eigenvalue weighted by Crippen LogP contribution is -2.49. The molecule has 0 unspecified atom stereocenters. The summed E-state index contributed by atoms with van der Waals surface area (Å²) < 4.78 is 9.39. The zero-order chi connectivity index (χ0) is 15.6. The van der Waals surface area contributed by atoms with Crippen LogP contribution in [0.4, 0.5) is 15.3 Å². The molecule has 0 aliphatic heterocycles. The van der Waals surface area contributed by atoms with Gasteiger partial charge in [-0.3, -0.25) is 10.1 Å². The zero-order valence-corrected chi connectivity index (χ0v) is 10.6. The van der Waals surface area contributed by atoms with E-state index in [0.29, 0.717) is 5.56 Å². The van der Waals surface area contributed by atoms with E-state index in [2.05, 4.69) is 4.74 Å². The number of ether oxygens (including phenoxy) is 2. The molecule has 0 saturated heterocycles. The maximum Gasteiger partial charge on any atom is 0.506 e. The monoisotopic (exact) mass is 297 g/mol. The summed E-state index contributed by atoms with van der Waals surface area (Å²) in [6.45, 7) is 0. The minimum Gasteiger partial charge on any atom is -0.450 e. The molecule has 9 heteroatoms. The smallest absolute Gasteiger partial charge is 0.450 e. The van der Waals surface area contributed by atoms with Gasteiger partial charge in [0.1, 0.15) is 11.7 Å². The maximum atomic E-state index is 10.8. The molecule has 0 spiro atoms. The Hall–Kier alpha value is -2.84. The zero-order valence-electron chi connectivity index (χ0n) is 10.6. The average molecular weight is 297 g/mol. The van der Waals surface area contributed by atoms with Crippen molar-refractivity contribution in [3.05, 3.63) is 39.9 Å². The first kappa shape index (κ1) is 14.6. The average Bonchev–Trinajstić information content (AvgIpc) is 2.35. The van der Waals surface area contributed by atoms with Gasteiger partial charge in [0.05, 0.1) is 4.92 Å². The molecule has 0 bridgehead atoms. The molecule has 1 aliphatic rings. The molecule has 2 rings (SSSR count). The van der Waals surface area contributed by atoms with Crippen LogP contribution in [0.2, 0.25) is 0 Å². The SMILES string of the molecule is O=C(O)OC1CC(OC(=O)O)(c2ccc([N+](=O)[O-])cc2)C1. The first-order valence-corrected chi connectivity index (χ1v) is 5.89. The highest BCUT2D eigenvalue weighted by Gasteiger charge is 2.51. The molecule has 0 amide bonds. The maximum absolute atomic E-state index is 10.8. The number of rotatable bonds is 4. The van der Waals surface area contributed by atoms with Crippen molar-refractivity contribution in [2.75, 3.05) is 0 Å². The molecule has 0 aromatic heterocycles. The van der Waals surface area contributed by atoms with Crippen LogP contribution in [0.25, 0.3) is 0 Å². The van der Waals surface area contributed by atoms with Gasteiger partial charge in [0.15, 0.2) is 0 Å². The Labute approximate surface area is 117 Å². The van der Waals surface area contributed by atoms with Crippen molar-refractivity contribution in [3.8, 4) is 0 Å². The van der Waals surface area contributed by atoms with Gasteiger partial charge in [0.2, 0.25) is 0 Å². The van der Waals surface area contributed by atoms with Crippen molar-refractivity contribution in [3.63, 3.8) is 0 Å². The number of non-ortho nitro benzene ring substituents is 1. The molecule has 1 aliphatic carbocycles. The number of nitro groups is 1. The molecular formula is C12H11NO8. The van der Waals surface area contributed by atoms with Crippen molar-refractivity contribution >= 4 is 18.0 Å². The lowest BCUT2D eigenvalue weighted by molar-refractivity contribution is -0.384. The fourth-order valence-electron chi connectivity index (χ4n) is 2.33. The standard InChI is InChI=1S/C12H11NO8/c14-10(15)20-9-5-12(6-9,21-11(16)17)7-1-3-8(4-2-7)13(18)19/h1-4,9H,5-6H2,(H,14,15)(H,16,17). The van der Waals surface area contributed by atoms with Gasteiger partial charge in [-0.2, -0.15) is 0 Å². The molecule has 0 radical (unpaired) electrons. The molecule has 1 saturated carbocycles. The van der Waals surface area contributed by atoms with E-state index in [1.54, 1.807) is 0 Å². The number of nitrogens with zero attached hydrogens (tertiary/aromatic N) is 1. The fourth-order valence-corrected chi connectivity index (χ4v) is 2.33. The Morgan fingerprint density at radius 1 is 1.19 bits per heavy atom. The van der Waals surface area contributed by atoms with Gasteiger partial charge in [0, 0.05) is 25.0 Å². The molecular weight excluding hydrogens is 286 g/mol. The molecule has 0 heterocycles. The van der Waals surface area contributed by atoms with Crippen LogP contribution in [0.5, 0.6) is 0 Å². The van der Waals surface area contributed by atoms with E-state index in [-0.39, 0.29) is 18.5 Å². The van der Waals surface area contributed by atoms with E-state index >= 15 is 0 Å². The number of carbonyl (C=O) groups is 2. The number of hydrogen-bond acceptors (Lipinski definition) is 6. The van der Waals surface area contributed by atoms with E-state index in [0.717, 1.165) is 0 Å². The summed E-state index contributed by atoms with van der Waals surface area (Å²) in [6, 6.07) is 5.23. The van der Waals surface area contributed by atoms with Crippen LogP contribution in [-0.2, 0) is 15.1 Å². The second-order valence-electron chi connectivity index (χ2n) is 4.58. The lowest BCUT2D eigenvalue weighted by Gasteiger charge is -2.44. The predicted molar refractivity (Wildman–Crippen MR) is 66.0 cm³/mol. The molecule has 112 valence electrons. The van der Waals surface area contributed by atoms with Crippen LogP contribution < -0.4 is 0 Å². The van der Waals surface area contributed by atoms with E-state index in [1.807, 2.05) is 0 Å². The number of hydrogen-bond donors (Lipinski definition) is 2. The van der Waals surface area contributed by atoms with Crippen molar-refractivity contribution in [2.45, 2.75) is 24.5 Å². The molecule has 1 aromatic carbocycles. The highest BCUT2D eigenvalue weighted by Crippen LogP contribution is 2.46. The molecule has 21 heavy (non-hydrogen) atoms. The summed E-state index contributed by atoms with van der Waals surface area (Å²) in [5.41, 5.74) is -0.955. The Morgan fingerprint density at radius 2 is 1.76 bits per heavy atom. The van der Waals surface area contributed by atoms with Crippen LogP contribution in [0.3, 0.4) is 0 Å². The van der Waals surface area contributed by atoms with Gasteiger partial charge >= 0.3 is 12.3 Å². The summed E-state index contributed by atoms with van der Waals surface area (Å²) in [5.74, 6) is 0. The number of nitro benzene ring substituents is 1. The van der Waals surface area contributed by atoms with Crippen LogP contribution >= 0.6 is 0 Å². The van der Waals surface area contributed by atoms with Gasteiger partial charge in [-0.1, -0.05) is 0 Å². The topological polar surface area (TPSA) is 136 Å². The van der Waals surface area contributed by atoms with E-state index < -0.39 is 28.9 Å². The summed E-state index contributed by atoms with van der Waals surface area (Å²) in [7, 11) is 0. The van der Waals surface area contributed by atoms with Crippen LogP contribution in [-0.4, -0.2) is 33.6 Å². The fraction of sp³-hybridized carbons (Fsp3) is 0.333. The Kier molecular flexibility index (Phi) is 3.66. The highest BCUT2D eigenvalue weighted by atomic mass is 16.7. The van der Waals surface area contributed by atoms with Gasteiger partial charge in [-0.25, -0.2) is 9.59 Å². The second-order valence-corrected chi connectivity index (χ2v) is 4.58. The van der Waals surface area contributed by atoms with E-state index in [1.165, 1.54) is 24.3 Å². The van der Waals surface area contributed by atoms with Crippen LogP contribution in [0.15, 0.2) is 24.3 Å². The van der Waals surface area contributed by atoms with E-state index in [4.69, 9.17) is 14.9 Å². The quantitative estimate of drug-likeness (QED) is 0.491. The van der Waals surface area contributed by atoms with Gasteiger partial charge in [-0.05, 0) is 17.7 Å².